The molecule has 156 valence electrons. The van der Waals surface area contributed by atoms with Crippen LogP contribution in [0.2, 0.25) is 0 Å². The summed E-state index contributed by atoms with van der Waals surface area (Å²) in [5.41, 5.74) is 3.55. The molecule has 0 atom stereocenters. The van der Waals surface area contributed by atoms with E-state index in [4.69, 9.17) is 9.47 Å². The van der Waals surface area contributed by atoms with Gasteiger partial charge < -0.3 is 14.8 Å². The molecule has 1 N–H and O–H groups in total. The highest BCUT2D eigenvalue weighted by molar-refractivity contribution is 7.99. The van der Waals surface area contributed by atoms with Gasteiger partial charge in [-0.25, -0.2) is 0 Å². The number of nitrogens with zero attached hydrogens (tertiary/aromatic N) is 1. The number of nitrogens with one attached hydrogen (secondary N) is 1. The van der Waals surface area contributed by atoms with Gasteiger partial charge in [0.1, 0.15) is 12.4 Å². The van der Waals surface area contributed by atoms with Gasteiger partial charge in [-0.1, -0.05) is 42.0 Å². The van der Waals surface area contributed by atoms with E-state index in [0.29, 0.717) is 18.9 Å². The molecule has 3 rings (SSSR count). The van der Waals surface area contributed by atoms with Crippen molar-refractivity contribution < 1.29 is 14.3 Å². The van der Waals surface area contributed by atoms with Crippen molar-refractivity contribution in [1.82, 2.24) is 10.2 Å². The van der Waals surface area contributed by atoms with Crippen molar-refractivity contribution in [2.75, 3.05) is 45.2 Å². The van der Waals surface area contributed by atoms with Crippen LogP contribution in [0.3, 0.4) is 0 Å². The molecular formula is C23H30N2O3S. The van der Waals surface area contributed by atoms with Gasteiger partial charge in [-0.3, -0.25) is 9.69 Å². The summed E-state index contributed by atoms with van der Waals surface area (Å²) < 4.78 is 11.2. The fraction of sp³-hybridized carbons (Fsp3) is 0.435. The van der Waals surface area contributed by atoms with Crippen LogP contribution in [0.25, 0.3) is 0 Å². The van der Waals surface area contributed by atoms with E-state index in [9.17, 15) is 4.79 Å². The van der Waals surface area contributed by atoms with Crippen LogP contribution in [0.15, 0.2) is 48.5 Å². The Hall–Kier alpha value is -2.02. The molecule has 1 heterocycles. The molecular weight excluding hydrogens is 384 g/mol. The maximum absolute atomic E-state index is 12.1. The summed E-state index contributed by atoms with van der Waals surface area (Å²) in [4.78, 5) is 14.5. The molecule has 0 unspecified atom stereocenters. The normalized spacial score (nSPS) is 14.5. The van der Waals surface area contributed by atoms with Gasteiger partial charge in [0.25, 0.3) is 0 Å². The minimum absolute atomic E-state index is 0.0568. The third-order valence-electron chi connectivity index (χ3n) is 4.75. The molecule has 29 heavy (non-hydrogen) atoms. The maximum Gasteiger partial charge on any atom is 0.230 e. The molecule has 0 bridgehead atoms. The molecule has 1 fully saturated rings. The number of hydrogen-bond acceptors (Lipinski definition) is 5. The second-order valence-corrected chi connectivity index (χ2v) is 8.19. The van der Waals surface area contributed by atoms with Gasteiger partial charge in [-0.2, -0.15) is 0 Å². The molecule has 0 spiro atoms. The van der Waals surface area contributed by atoms with Crippen molar-refractivity contribution in [2.45, 2.75) is 19.2 Å². The largest absolute Gasteiger partial charge is 0.492 e. The fourth-order valence-electron chi connectivity index (χ4n) is 3.18. The summed E-state index contributed by atoms with van der Waals surface area (Å²) in [6.07, 6.45) is 0. The lowest BCUT2D eigenvalue weighted by atomic mass is 10.2. The summed E-state index contributed by atoms with van der Waals surface area (Å²) >= 11 is 1.64. The fourth-order valence-corrected chi connectivity index (χ4v) is 3.98. The van der Waals surface area contributed by atoms with E-state index in [1.54, 1.807) is 11.8 Å². The lowest BCUT2D eigenvalue weighted by Gasteiger charge is -2.26. The van der Waals surface area contributed by atoms with Gasteiger partial charge in [0.15, 0.2) is 0 Å². The van der Waals surface area contributed by atoms with Crippen LogP contribution in [0, 0.1) is 6.92 Å². The number of ether oxygens (including phenoxy) is 2. The predicted octanol–water partition coefficient (Wildman–Crippen LogP) is 3.26. The van der Waals surface area contributed by atoms with Gasteiger partial charge in [0.05, 0.1) is 19.0 Å². The number of carbonyl (C=O) groups is 1. The number of benzene rings is 2. The Balaban J connectivity index is 1.34. The molecule has 0 radical (unpaired) electrons. The Bertz CT molecular complexity index is 778. The second-order valence-electron chi connectivity index (χ2n) is 7.21. The first-order chi connectivity index (χ1) is 14.2. The van der Waals surface area contributed by atoms with Gasteiger partial charge >= 0.3 is 0 Å². The highest BCUT2D eigenvalue weighted by atomic mass is 32.2. The first-order valence-corrected chi connectivity index (χ1v) is 11.3. The summed E-state index contributed by atoms with van der Waals surface area (Å²) in [7, 11) is 0. The first kappa shape index (κ1) is 21.7. The summed E-state index contributed by atoms with van der Waals surface area (Å²) in [5.74, 6) is 2.21. The number of thioether (sulfide) groups is 1. The molecule has 1 amide bonds. The molecule has 2 aromatic carbocycles. The lowest BCUT2D eigenvalue weighted by molar-refractivity contribution is -0.118. The standard InChI is InChI=1S/C23H30N2O3S/c1-19-4-2-6-21(14-19)17-29-18-23(26)24-16-20-5-3-7-22(15-20)28-13-10-25-8-11-27-12-9-25/h2-7,14-15H,8-13,16-18H2,1H3,(H,24,26). The highest BCUT2D eigenvalue weighted by Crippen LogP contribution is 2.15. The van der Waals surface area contributed by atoms with E-state index < -0.39 is 0 Å². The number of carbonyl (C=O) groups excluding carboxylic acids is 1. The Labute approximate surface area is 177 Å². The average Bonchev–Trinajstić information content (AvgIpc) is 2.73. The minimum atomic E-state index is 0.0568. The molecule has 0 aromatic heterocycles. The van der Waals surface area contributed by atoms with Crippen molar-refractivity contribution >= 4 is 17.7 Å². The van der Waals surface area contributed by atoms with Crippen LogP contribution >= 0.6 is 11.8 Å². The predicted molar refractivity (Wildman–Crippen MR) is 118 cm³/mol. The zero-order chi connectivity index (χ0) is 20.3. The third kappa shape index (κ3) is 8.09. The zero-order valence-corrected chi connectivity index (χ0v) is 17.9. The maximum atomic E-state index is 12.1. The Morgan fingerprint density at radius 1 is 1.14 bits per heavy atom. The molecule has 0 aliphatic carbocycles. The smallest absolute Gasteiger partial charge is 0.230 e. The van der Waals surface area contributed by atoms with Crippen molar-refractivity contribution in [3.63, 3.8) is 0 Å². The Morgan fingerprint density at radius 2 is 1.93 bits per heavy atom. The van der Waals surface area contributed by atoms with Crippen LogP contribution in [-0.2, 0) is 21.8 Å². The van der Waals surface area contributed by atoms with Gasteiger partial charge in [0.2, 0.25) is 5.91 Å². The molecule has 0 saturated carbocycles. The summed E-state index contributed by atoms with van der Waals surface area (Å²) in [5, 5.41) is 2.99. The van der Waals surface area contributed by atoms with E-state index in [2.05, 4.69) is 41.4 Å². The monoisotopic (exact) mass is 414 g/mol. The van der Waals surface area contributed by atoms with E-state index >= 15 is 0 Å². The zero-order valence-electron chi connectivity index (χ0n) is 17.1. The molecule has 2 aromatic rings. The molecule has 1 aliphatic heterocycles. The quantitative estimate of drug-likeness (QED) is 0.647. The highest BCUT2D eigenvalue weighted by Gasteiger charge is 2.10. The molecule has 6 heteroatoms. The topological polar surface area (TPSA) is 50.8 Å². The van der Waals surface area contributed by atoms with Crippen molar-refractivity contribution in [3.8, 4) is 5.75 Å². The first-order valence-electron chi connectivity index (χ1n) is 10.1. The van der Waals surface area contributed by atoms with E-state index in [1.807, 2.05) is 24.3 Å². The van der Waals surface area contributed by atoms with Crippen molar-refractivity contribution in [1.29, 1.82) is 0 Å². The number of amides is 1. The Kier molecular flexibility index (Phi) is 8.86. The van der Waals surface area contributed by atoms with Gasteiger partial charge in [-0.15, -0.1) is 11.8 Å². The molecule has 1 saturated heterocycles. The van der Waals surface area contributed by atoms with Gasteiger partial charge in [-0.05, 0) is 30.2 Å². The third-order valence-corrected chi connectivity index (χ3v) is 5.76. The van der Waals surface area contributed by atoms with Gasteiger partial charge in [0, 0.05) is 31.9 Å². The average molecular weight is 415 g/mol. The van der Waals surface area contributed by atoms with Crippen molar-refractivity contribution in [3.05, 3.63) is 65.2 Å². The number of morpholine rings is 1. The summed E-state index contributed by atoms with van der Waals surface area (Å²) in [6.45, 7) is 7.71. The Morgan fingerprint density at radius 3 is 2.76 bits per heavy atom. The number of rotatable bonds is 10. The SMILES string of the molecule is Cc1cccc(CSCC(=O)NCc2cccc(OCCN3CCOCC3)c2)c1. The van der Waals surface area contributed by atoms with Crippen LogP contribution < -0.4 is 10.1 Å². The van der Waals surface area contributed by atoms with Crippen LogP contribution in [0.4, 0.5) is 0 Å². The van der Waals surface area contributed by atoms with E-state index in [-0.39, 0.29) is 5.91 Å². The van der Waals surface area contributed by atoms with Crippen LogP contribution in [0.5, 0.6) is 5.75 Å². The lowest BCUT2D eigenvalue weighted by Crippen LogP contribution is -2.38. The minimum Gasteiger partial charge on any atom is -0.492 e. The number of hydrogen-bond donors (Lipinski definition) is 1. The molecule has 5 nitrogen and oxygen atoms in total. The van der Waals surface area contributed by atoms with E-state index in [1.165, 1.54) is 11.1 Å². The van der Waals surface area contributed by atoms with E-state index in [0.717, 1.165) is 49.9 Å². The van der Waals surface area contributed by atoms with Crippen LogP contribution in [0.1, 0.15) is 16.7 Å². The number of aryl methyl sites for hydroxylation is 1. The summed E-state index contributed by atoms with van der Waals surface area (Å²) in [6, 6.07) is 16.3. The van der Waals surface area contributed by atoms with Crippen molar-refractivity contribution in [2.24, 2.45) is 0 Å². The molecule has 1 aliphatic rings. The second kappa shape index (κ2) is 11.9. The van der Waals surface area contributed by atoms with Crippen LogP contribution in [-0.4, -0.2) is 56.0 Å².